The zero-order valence-corrected chi connectivity index (χ0v) is 10.5. The zero-order chi connectivity index (χ0) is 13.1. The lowest BCUT2D eigenvalue weighted by molar-refractivity contribution is -0.163. The molecule has 1 amide bonds. The van der Waals surface area contributed by atoms with E-state index in [1.54, 1.807) is 0 Å². The molecule has 0 radical (unpaired) electrons. The fourth-order valence-electron chi connectivity index (χ4n) is 2.53. The molecule has 0 spiro atoms. The number of carbonyl (C=O) groups excluding carboxylic acids is 1. The fraction of sp³-hybridized carbons (Fsp3) is 0.833. The Morgan fingerprint density at radius 3 is 2.61 bits per heavy atom. The predicted molar refractivity (Wildman–Crippen MR) is 62.0 cm³/mol. The summed E-state index contributed by atoms with van der Waals surface area (Å²) in [5.74, 6) is -1.05. The fourth-order valence-corrected chi connectivity index (χ4v) is 2.53. The van der Waals surface area contributed by atoms with E-state index in [1.807, 2.05) is 6.92 Å². The Bertz CT molecular complexity index is 332. The van der Waals surface area contributed by atoms with Crippen LogP contribution in [0.2, 0.25) is 0 Å². The molecule has 3 unspecified atom stereocenters. The summed E-state index contributed by atoms with van der Waals surface area (Å²) in [6, 6.07) is -0.846. The van der Waals surface area contributed by atoms with Gasteiger partial charge in [0.25, 0.3) is 0 Å². The van der Waals surface area contributed by atoms with Crippen LogP contribution in [0.5, 0.6) is 0 Å². The molecule has 2 aliphatic heterocycles. The van der Waals surface area contributed by atoms with Gasteiger partial charge in [0.2, 0.25) is 5.91 Å². The highest BCUT2D eigenvalue weighted by Gasteiger charge is 2.38. The summed E-state index contributed by atoms with van der Waals surface area (Å²) >= 11 is 0. The molecule has 3 atom stereocenters. The van der Waals surface area contributed by atoms with E-state index in [2.05, 4.69) is 0 Å². The first kappa shape index (κ1) is 13.3. The summed E-state index contributed by atoms with van der Waals surface area (Å²) in [6.45, 7) is 3.96. The Morgan fingerprint density at radius 2 is 1.94 bits per heavy atom. The van der Waals surface area contributed by atoms with Gasteiger partial charge in [0.05, 0.1) is 13.2 Å². The van der Waals surface area contributed by atoms with Gasteiger partial charge < -0.3 is 19.5 Å². The van der Waals surface area contributed by atoms with E-state index < -0.39 is 12.0 Å². The van der Waals surface area contributed by atoms with E-state index in [4.69, 9.17) is 14.6 Å². The molecule has 0 aliphatic carbocycles. The van der Waals surface area contributed by atoms with E-state index >= 15 is 0 Å². The number of amides is 1. The Hall–Kier alpha value is -1.14. The number of nitrogens with zero attached hydrogens (tertiary/aromatic N) is 1. The largest absolute Gasteiger partial charge is 0.480 e. The molecule has 2 saturated heterocycles. The van der Waals surface area contributed by atoms with E-state index in [0.29, 0.717) is 32.8 Å². The lowest BCUT2D eigenvalue weighted by Crippen LogP contribution is -2.55. The van der Waals surface area contributed by atoms with Crippen molar-refractivity contribution in [2.24, 2.45) is 11.8 Å². The SMILES string of the molecule is CC1COCCC1C(=O)N1CCOCC1C(=O)O. The van der Waals surface area contributed by atoms with Crippen LogP contribution in [0.1, 0.15) is 13.3 Å². The number of carboxylic acids is 1. The molecule has 102 valence electrons. The van der Waals surface area contributed by atoms with Crippen LogP contribution in [0.15, 0.2) is 0 Å². The molecule has 0 aromatic carbocycles. The minimum atomic E-state index is -0.997. The van der Waals surface area contributed by atoms with Crippen LogP contribution in [-0.4, -0.2) is 60.9 Å². The number of carbonyl (C=O) groups is 2. The monoisotopic (exact) mass is 257 g/mol. The Labute approximate surface area is 106 Å². The molecule has 18 heavy (non-hydrogen) atoms. The second-order valence-electron chi connectivity index (χ2n) is 4.91. The van der Waals surface area contributed by atoms with Gasteiger partial charge in [-0.25, -0.2) is 4.79 Å². The Morgan fingerprint density at radius 1 is 1.22 bits per heavy atom. The summed E-state index contributed by atoms with van der Waals surface area (Å²) in [6.07, 6.45) is 0.670. The molecular formula is C12H19NO5. The average molecular weight is 257 g/mol. The lowest BCUT2D eigenvalue weighted by atomic mass is 9.88. The zero-order valence-electron chi connectivity index (χ0n) is 10.5. The first-order valence-corrected chi connectivity index (χ1v) is 6.30. The summed E-state index contributed by atoms with van der Waals surface area (Å²) in [5, 5.41) is 9.12. The van der Waals surface area contributed by atoms with E-state index in [-0.39, 0.29) is 24.3 Å². The van der Waals surface area contributed by atoms with E-state index in [0.717, 1.165) is 0 Å². The van der Waals surface area contributed by atoms with Crippen LogP contribution in [-0.2, 0) is 19.1 Å². The van der Waals surface area contributed by atoms with Gasteiger partial charge in [-0.2, -0.15) is 0 Å². The third-order valence-corrected chi connectivity index (χ3v) is 3.65. The maximum absolute atomic E-state index is 12.4. The summed E-state index contributed by atoms with van der Waals surface area (Å²) in [7, 11) is 0. The molecular weight excluding hydrogens is 238 g/mol. The molecule has 0 bridgehead atoms. The van der Waals surface area contributed by atoms with Gasteiger partial charge in [0, 0.05) is 25.7 Å². The van der Waals surface area contributed by atoms with Gasteiger partial charge >= 0.3 is 5.97 Å². The molecule has 2 heterocycles. The summed E-state index contributed by atoms with van der Waals surface area (Å²) < 4.78 is 10.5. The van der Waals surface area contributed by atoms with Crippen molar-refractivity contribution in [3.63, 3.8) is 0 Å². The number of rotatable bonds is 2. The van der Waals surface area contributed by atoms with Crippen LogP contribution < -0.4 is 0 Å². The number of carboxylic acid groups (broad SMARTS) is 1. The molecule has 2 rings (SSSR count). The van der Waals surface area contributed by atoms with Crippen molar-refractivity contribution >= 4 is 11.9 Å². The third-order valence-electron chi connectivity index (χ3n) is 3.65. The molecule has 2 fully saturated rings. The van der Waals surface area contributed by atoms with Crippen molar-refractivity contribution in [1.82, 2.24) is 4.90 Å². The van der Waals surface area contributed by atoms with Crippen molar-refractivity contribution in [2.75, 3.05) is 33.0 Å². The van der Waals surface area contributed by atoms with Crippen molar-refractivity contribution < 1.29 is 24.2 Å². The highest BCUT2D eigenvalue weighted by Crippen LogP contribution is 2.25. The smallest absolute Gasteiger partial charge is 0.328 e. The molecule has 6 nitrogen and oxygen atoms in total. The first-order chi connectivity index (χ1) is 8.61. The highest BCUT2D eigenvalue weighted by atomic mass is 16.5. The first-order valence-electron chi connectivity index (χ1n) is 6.30. The average Bonchev–Trinajstić information content (AvgIpc) is 2.38. The molecule has 1 N–H and O–H groups in total. The van der Waals surface area contributed by atoms with Gasteiger partial charge in [-0.3, -0.25) is 4.79 Å². The topological polar surface area (TPSA) is 76.1 Å². The quantitative estimate of drug-likeness (QED) is 0.752. The van der Waals surface area contributed by atoms with Crippen molar-refractivity contribution in [3.8, 4) is 0 Å². The maximum Gasteiger partial charge on any atom is 0.328 e. The van der Waals surface area contributed by atoms with Crippen LogP contribution in [0, 0.1) is 11.8 Å². The molecule has 0 saturated carbocycles. The van der Waals surface area contributed by atoms with Crippen molar-refractivity contribution in [2.45, 2.75) is 19.4 Å². The van der Waals surface area contributed by atoms with E-state index in [9.17, 15) is 9.59 Å². The molecule has 0 aromatic rings. The van der Waals surface area contributed by atoms with Crippen molar-refractivity contribution in [3.05, 3.63) is 0 Å². The number of hydrogen-bond acceptors (Lipinski definition) is 4. The second kappa shape index (κ2) is 5.67. The number of ether oxygens (including phenoxy) is 2. The Kier molecular flexibility index (Phi) is 4.19. The predicted octanol–water partition coefficient (Wildman–Crippen LogP) is -0.0290. The van der Waals surface area contributed by atoms with Gasteiger partial charge in [-0.05, 0) is 12.3 Å². The van der Waals surface area contributed by atoms with Crippen LogP contribution in [0.25, 0.3) is 0 Å². The third kappa shape index (κ3) is 2.64. The van der Waals surface area contributed by atoms with Gasteiger partial charge in [-0.1, -0.05) is 6.92 Å². The second-order valence-corrected chi connectivity index (χ2v) is 4.91. The van der Waals surface area contributed by atoms with Gasteiger partial charge in [0.15, 0.2) is 6.04 Å². The number of aliphatic carboxylic acids is 1. The van der Waals surface area contributed by atoms with Crippen LogP contribution in [0.3, 0.4) is 0 Å². The minimum absolute atomic E-state index is 0.0681. The maximum atomic E-state index is 12.4. The van der Waals surface area contributed by atoms with Crippen LogP contribution in [0.4, 0.5) is 0 Å². The molecule has 2 aliphatic rings. The number of morpholine rings is 1. The van der Waals surface area contributed by atoms with Gasteiger partial charge in [0.1, 0.15) is 0 Å². The minimum Gasteiger partial charge on any atom is -0.480 e. The van der Waals surface area contributed by atoms with Crippen LogP contribution >= 0.6 is 0 Å². The number of hydrogen-bond donors (Lipinski definition) is 1. The van der Waals surface area contributed by atoms with Crippen molar-refractivity contribution in [1.29, 1.82) is 0 Å². The molecule has 0 aromatic heterocycles. The normalized spacial score (nSPS) is 33.2. The lowest BCUT2D eigenvalue weighted by Gasteiger charge is -2.38. The summed E-state index contributed by atoms with van der Waals surface area (Å²) in [4.78, 5) is 25.0. The molecule has 6 heteroatoms. The van der Waals surface area contributed by atoms with Gasteiger partial charge in [-0.15, -0.1) is 0 Å². The highest BCUT2D eigenvalue weighted by molar-refractivity contribution is 5.85. The van der Waals surface area contributed by atoms with E-state index in [1.165, 1.54) is 4.90 Å². The summed E-state index contributed by atoms with van der Waals surface area (Å²) in [5.41, 5.74) is 0. The Balaban J connectivity index is 2.07. The standard InChI is InChI=1S/C12H19NO5/c1-8-6-17-4-2-9(8)11(14)13-3-5-18-7-10(13)12(15)16/h8-10H,2-7H2,1H3,(H,15,16).